The molecule has 0 saturated carbocycles. The van der Waals surface area contributed by atoms with Gasteiger partial charge >= 0.3 is 0 Å². The molecule has 0 saturated heterocycles. The highest BCUT2D eigenvalue weighted by Crippen LogP contribution is 2.31. The van der Waals surface area contributed by atoms with Gasteiger partial charge in [-0.2, -0.15) is 0 Å². The summed E-state index contributed by atoms with van der Waals surface area (Å²) in [4.78, 5) is 12.4. The van der Waals surface area contributed by atoms with Crippen LogP contribution >= 0.6 is 22.6 Å². The van der Waals surface area contributed by atoms with Crippen LogP contribution in [-0.4, -0.2) is 28.5 Å². The van der Waals surface area contributed by atoms with E-state index in [0.29, 0.717) is 22.7 Å². The molecule has 0 atom stereocenters. The third-order valence-electron chi connectivity index (χ3n) is 4.18. The molecule has 0 aliphatic rings. The van der Waals surface area contributed by atoms with Gasteiger partial charge in [0, 0.05) is 20.9 Å². The molecule has 1 amide bonds. The van der Waals surface area contributed by atoms with Crippen LogP contribution in [-0.2, 0) is 10.0 Å². The molecule has 7 nitrogen and oxygen atoms in total. The van der Waals surface area contributed by atoms with Crippen molar-refractivity contribution in [3.8, 4) is 11.5 Å². The van der Waals surface area contributed by atoms with E-state index >= 15 is 0 Å². The standard InChI is InChI=1S/C21H19IN2O5S/c1-28-17-9-12-20(29-2)19(13-17)24-30(26,27)18-10-7-16(8-11-18)23-21(25)14-3-5-15(22)6-4-14/h3-13,24H,1-2H3,(H,23,25). The number of carbonyl (C=O) groups excluding carboxylic acids is 1. The first-order valence-electron chi connectivity index (χ1n) is 8.74. The zero-order chi connectivity index (χ0) is 21.7. The second kappa shape index (κ2) is 9.35. The van der Waals surface area contributed by atoms with Gasteiger partial charge in [-0.15, -0.1) is 0 Å². The smallest absolute Gasteiger partial charge is 0.262 e. The van der Waals surface area contributed by atoms with Crippen LogP contribution in [0, 0.1) is 3.57 Å². The third-order valence-corrected chi connectivity index (χ3v) is 6.28. The molecule has 9 heteroatoms. The summed E-state index contributed by atoms with van der Waals surface area (Å²) >= 11 is 2.16. The third kappa shape index (κ3) is 5.22. The minimum absolute atomic E-state index is 0.0413. The van der Waals surface area contributed by atoms with E-state index in [9.17, 15) is 13.2 Å². The number of halogens is 1. The number of anilines is 2. The normalized spacial score (nSPS) is 10.9. The van der Waals surface area contributed by atoms with Gasteiger partial charge in [-0.3, -0.25) is 9.52 Å². The van der Waals surface area contributed by atoms with Crippen molar-refractivity contribution in [1.82, 2.24) is 0 Å². The zero-order valence-electron chi connectivity index (χ0n) is 16.2. The molecule has 30 heavy (non-hydrogen) atoms. The molecule has 156 valence electrons. The van der Waals surface area contributed by atoms with Crippen LogP contribution in [0.2, 0.25) is 0 Å². The number of amides is 1. The lowest BCUT2D eigenvalue weighted by Crippen LogP contribution is -2.14. The number of nitrogens with one attached hydrogen (secondary N) is 2. The average molecular weight is 538 g/mol. The van der Waals surface area contributed by atoms with Crippen LogP contribution in [0.5, 0.6) is 11.5 Å². The number of carbonyl (C=O) groups is 1. The van der Waals surface area contributed by atoms with Gasteiger partial charge in [0.1, 0.15) is 11.5 Å². The summed E-state index contributed by atoms with van der Waals surface area (Å²) in [5.41, 5.74) is 1.25. The van der Waals surface area contributed by atoms with Crippen molar-refractivity contribution in [2.75, 3.05) is 24.3 Å². The summed E-state index contributed by atoms with van der Waals surface area (Å²) in [5, 5.41) is 2.75. The summed E-state index contributed by atoms with van der Waals surface area (Å²) in [5.74, 6) is 0.573. The van der Waals surface area contributed by atoms with Gasteiger partial charge in [-0.25, -0.2) is 8.42 Å². The minimum Gasteiger partial charge on any atom is -0.497 e. The SMILES string of the molecule is COc1ccc(OC)c(NS(=O)(=O)c2ccc(NC(=O)c3ccc(I)cc3)cc2)c1. The Morgan fingerprint density at radius 1 is 0.900 bits per heavy atom. The van der Waals surface area contributed by atoms with Gasteiger partial charge in [0.15, 0.2) is 0 Å². The van der Waals surface area contributed by atoms with Crippen molar-refractivity contribution < 1.29 is 22.7 Å². The van der Waals surface area contributed by atoms with Crippen molar-refractivity contribution in [3.05, 3.63) is 75.9 Å². The molecule has 0 bridgehead atoms. The lowest BCUT2D eigenvalue weighted by molar-refractivity contribution is 0.102. The first kappa shape index (κ1) is 21.9. The summed E-state index contributed by atoms with van der Waals surface area (Å²) in [6.07, 6.45) is 0. The van der Waals surface area contributed by atoms with Gasteiger partial charge in [0.25, 0.3) is 15.9 Å². The Bertz CT molecular complexity index is 1150. The van der Waals surface area contributed by atoms with Crippen LogP contribution in [0.25, 0.3) is 0 Å². The second-order valence-electron chi connectivity index (χ2n) is 6.16. The molecule has 0 radical (unpaired) electrons. The lowest BCUT2D eigenvalue weighted by atomic mass is 10.2. The number of ether oxygens (including phenoxy) is 2. The number of hydrogen-bond donors (Lipinski definition) is 2. The maximum absolute atomic E-state index is 12.8. The highest BCUT2D eigenvalue weighted by atomic mass is 127. The van der Waals surface area contributed by atoms with Crippen molar-refractivity contribution in [2.45, 2.75) is 4.90 Å². The predicted octanol–water partition coefficient (Wildman–Crippen LogP) is 4.36. The van der Waals surface area contributed by atoms with Crippen molar-refractivity contribution in [2.24, 2.45) is 0 Å². The number of sulfonamides is 1. The lowest BCUT2D eigenvalue weighted by Gasteiger charge is -2.13. The van der Waals surface area contributed by atoms with E-state index in [0.717, 1.165) is 3.57 Å². The molecule has 0 aliphatic heterocycles. The topological polar surface area (TPSA) is 93.7 Å². The van der Waals surface area contributed by atoms with Crippen molar-refractivity contribution in [3.63, 3.8) is 0 Å². The molecule has 2 N–H and O–H groups in total. The highest BCUT2D eigenvalue weighted by molar-refractivity contribution is 14.1. The predicted molar refractivity (Wildman–Crippen MR) is 124 cm³/mol. The summed E-state index contributed by atoms with van der Waals surface area (Å²) < 4.78 is 39.4. The molecule has 0 aliphatic carbocycles. The molecule has 0 heterocycles. The molecule has 0 aromatic heterocycles. The molecule has 3 rings (SSSR count). The van der Waals surface area contributed by atoms with Crippen LogP contribution in [0.4, 0.5) is 11.4 Å². The van der Waals surface area contributed by atoms with Gasteiger partial charge in [0.2, 0.25) is 0 Å². The summed E-state index contributed by atoms with van der Waals surface area (Å²) in [6, 6.07) is 17.8. The fourth-order valence-electron chi connectivity index (χ4n) is 2.62. The Morgan fingerprint density at radius 3 is 2.17 bits per heavy atom. The Kier molecular flexibility index (Phi) is 6.83. The Morgan fingerprint density at radius 2 is 1.57 bits per heavy atom. The number of rotatable bonds is 7. The van der Waals surface area contributed by atoms with E-state index in [1.165, 1.54) is 44.6 Å². The fourth-order valence-corrected chi connectivity index (χ4v) is 4.04. The zero-order valence-corrected chi connectivity index (χ0v) is 19.2. The fraction of sp³-hybridized carbons (Fsp3) is 0.0952. The van der Waals surface area contributed by atoms with Gasteiger partial charge in [0.05, 0.1) is 24.8 Å². The first-order chi connectivity index (χ1) is 14.3. The van der Waals surface area contributed by atoms with Crippen LogP contribution in [0.3, 0.4) is 0 Å². The maximum Gasteiger partial charge on any atom is 0.262 e. The van der Waals surface area contributed by atoms with E-state index in [1.54, 1.807) is 24.3 Å². The minimum atomic E-state index is -3.87. The summed E-state index contributed by atoms with van der Waals surface area (Å²) in [6.45, 7) is 0. The molecule has 0 spiro atoms. The molecule has 0 fully saturated rings. The molecule has 3 aromatic rings. The van der Waals surface area contributed by atoms with Gasteiger partial charge < -0.3 is 14.8 Å². The molecule has 0 unspecified atom stereocenters. The van der Waals surface area contributed by atoms with Gasteiger partial charge in [-0.1, -0.05) is 0 Å². The van der Waals surface area contributed by atoms with E-state index < -0.39 is 10.0 Å². The van der Waals surface area contributed by atoms with E-state index in [1.807, 2.05) is 12.1 Å². The number of benzene rings is 3. The van der Waals surface area contributed by atoms with Gasteiger partial charge in [-0.05, 0) is 83.3 Å². The number of hydrogen-bond acceptors (Lipinski definition) is 5. The van der Waals surface area contributed by atoms with E-state index in [-0.39, 0.29) is 16.5 Å². The Balaban J connectivity index is 1.76. The van der Waals surface area contributed by atoms with E-state index in [4.69, 9.17) is 9.47 Å². The molecular weight excluding hydrogens is 519 g/mol. The monoisotopic (exact) mass is 538 g/mol. The Hall–Kier alpha value is -2.79. The second-order valence-corrected chi connectivity index (χ2v) is 9.09. The number of methoxy groups -OCH3 is 2. The Labute approximate surface area is 188 Å². The quantitative estimate of drug-likeness (QED) is 0.436. The molecular formula is C21H19IN2O5S. The molecule has 3 aromatic carbocycles. The van der Waals surface area contributed by atoms with Crippen LogP contribution < -0.4 is 19.5 Å². The van der Waals surface area contributed by atoms with Crippen LogP contribution in [0.15, 0.2) is 71.6 Å². The van der Waals surface area contributed by atoms with Crippen molar-refractivity contribution >= 4 is 49.9 Å². The highest BCUT2D eigenvalue weighted by Gasteiger charge is 2.17. The maximum atomic E-state index is 12.8. The van der Waals surface area contributed by atoms with Crippen molar-refractivity contribution in [1.29, 1.82) is 0 Å². The first-order valence-corrected chi connectivity index (χ1v) is 11.3. The van der Waals surface area contributed by atoms with Crippen LogP contribution in [0.1, 0.15) is 10.4 Å². The largest absolute Gasteiger partial charge is 0.497 e. The summed E-state index contributed by atoms with van der Waals surface area (Å²) in [7, 11) is -0.934. The van der Waals surface area contributed by atoms with E-state index in [2.05, 4.69) is 32.6 Å². The average Bonchev–Trinajstić information content (AvgIpc) is 2.74.